The second-order valence-corrected chi connectivity index (χ2v) is 2.18. The molecule has 0 saturated heterocycles. The highest BCUT2D eigenvalue weighted by Crippen LogP contribution is 2.23. The number of aliphatic imine (C=N–C) groups is 1. The summed E-state index contributed by atoms with van der Waals surface area (Å²) in [5.74, 6) is 0.794. The standard InChI is InChI=1S/C6H7N5/c1-11-6-5(8-4-10-11)2-7-3-9-6/h2-4H,1H3,(H,8,10). The van der Waals surface area contributed by atoms with Gasteiger partial charge in [-0.25, -0.2) is 15.0 Å². The third-order valence-corrected chi connectivity index (χ3v) is 1.45. The van der Waals surface area contributed by atoms with Crippen molar-refractivity contribution in [2.24, 2.45) is 4.99 Å². The molecule has 1 aliphatic rings. The van der Waals surface area contributed by atoms with Gasteiger partial charge in [0, 0.05) is 7.05 Å². The van der Waals surface area contributed by atoms with E-state index in [4.69, 9.17) is 0 Å². The summed E-state index contributed by atoms with van der Waals surface area (Å²) in [6.45, 7) is 0. The second-order valence-electron chi connectivity index (χ2n) is 2.18. The van der Waals surface area contributed by atoms with Crippen LogP contribution in [0, 0.1) is 0 Å². The Morgan fingerprint density at radius 1 is 1.55 bits per heavy atom. The van der Waals surface area contributed by atoms with Crippen LogP contribution >= 0.6 is 0 Å². The van der Waals surface area contributed by atoms with Crippen LogP contribution in [0.25, 0.3) is 0 Å². The van der Waals surface area contributed by atoms with Gasteiger partial charge in [0.15, 0.2) is 5.82 Å². The lowest BCUT2D eigenvalue weighted by Crippen LogP contribution is -2.35. The Hall–Kier alpha value is -1.65. The largest absolute Gasteiger partial charge is 0.287 e. The Morgan fingerprint density at radius 2 is 2.45 bits per heavy atom. The molecule has 0 aliphatic carbocycles. The van der Waals surface area contributed by atoms with E-state index in [1.165, 1.54) is 6.33 Å². The third kappa shape index (κ3) is 0.899. The highest BCUT2D eigenvalue weighted by molar-refractivity contribution is 5.74. The number of anilines is 1. The van der Waals surface area contributed by atoms with Crippen molar-refractivity contribution in [3.63, 3.8) is 0 Å². The molecule has 0 spiro atoms. The normalized spacial score (nSPS) is 14.1. The van der Waals surface area contributed by atoms with Crippen molar-refractivity contribution in [3.8, 4) is 0 Å². The maximum Gasteiger partial charge on any atom is 0.176 e. The van der Waals surface area contributed by atoms with Crippen LogP contribution in [0.1, 0.15) is 0 Å². The number of rotatable bonds is 0. The highest BCUT2D eigenvalue weighted by atomic mass is 15.5. The first-order chi connectivity index (χ1) is 5.38. The van der Waals surface area contributed by atoms with Gasteiger partial charge in [-0.1, -0.05) is 0 Å². The molecule has 1 aliphatic heterocycles. The molecule has 0 unspecified atom stereocenters. The Kier molecular flexibility index (Phi) is 1.21. The first-order valence-electron chi connectivity index (χ1n) is 3.20. The molecule has 2 heterocycles. The van der Waals surface area contributed by atoms with Crippen LogP contribution in [-0.2, 0) is 0 Å². The van der Waals surface area contributed by atoms with Crippen molar-refractivity contribution in [3.05, 3.63) is 12.5 Å². The summed E-state index contributed by atoms with van der Waals surface area (Å²) in [4.78, 5) is 11.9. The van der Waals surface area contributed by atoms with Gasteiger partial charge in [-0.05, 0) is 0 Å². The van der Waals surface area contributed by atoms with Gasteiger partial charge < -0.3 is 0 Å². The molecule has 2 rings (SSSR count). The number of hydrazine groups is 1. The zero-order chi connectivity index (χ0) is 7.68. The highest BCUT2D eigenvalue weighted by Gasteiger charge is 2.09. The fourth-order valence-electron chi connectivity index (χ4n) is 0.911. The van der Waals surface area contributed by atoms with E-state index in [1.54, 1.807) is 17.5 Å². The van der Waals surface area contributed by atoms with Crippen molar-refractivity contribution < 1.29 is 0 Å². The average Bonchev–Trinajstić information content (AvgIpc) is 2.06. The zero-order valence-electron chi connectivity index (χ0n) is 6.02. The van der Waals surface area contributed by atoms with E-state index < -0.39 is 0 Å². The predicted molar refractivity (Wildman–Crippen MR) is 41.7 cm³/mol. The number of fused-ring (bicyclic) bond motifs is 1. The van der Waals surface area contributed by atoms with E-state index in [-0.39, 0.29) is 0 Å². The van der Waals surface area contributed by atoms with Gasteiger partial charge in [0.25, 0.3) is 0 Å². The van der Waals surface area contributed by atoms with Crippen molar-refractivity contribution in [1.82, 2.24) is 15.4 Å². The minimum Gasteiger partial charge on any atom is -0.287 e. The molecule has 0 atom stereocenters. The predicted octanol–water partition coefficient (Wildman–Crippen LogP) is 0.0908. The van der Waals surface area contributed by atoms with Gasteiger partial charge in [-0.15, -0.1) is 0 Å². The van der Waals surface area contributed by atoms with Gasteiger partial charge >= 0.3 is 0 Å². The van der Waals surface area contributed by atoms with E-state index in [2.05, 4.69) is 20.4 Å². The quantitative estimate of drug-likeness (QED) is 0.568. The number of nitrogens with one attached hydrogen (secondary N) is 1. The molecule has 0 saturated carbocycles. The van der Waals surface area contributed by atoms with Gasteiger partial charge in [0.05, 0.1) is 6.20 Å². The van der Waals surface area contributed by atoms with Gasteiger partial charge in [0.2, 0.25) is 0 Å². The minimum absolute atomic E-state index is 0.786. The van der Waals surface area contributed by atoms with E-state index in [1.807, 2.05) is 7.05 Å². The van der Waals surface area contributed by atoms with Gasteiger partial charge in [-0.2, -0.15) is 0 Å². The second kappa shape index (κ2) is 2.19. The van der Waals surface area contributed by atoms with E-state index in [9.17, 15) is 0 Å². The molecular formula is C6H7N5. The molecule has 1 N–H and O–H groups in total. The summed E-state index contributed by atoms with van der Waals surface area (Å²) in [5.41, 5.74) is 3.68. The van der Waals surface area contributed by atoms with Crippen molar-refractivity contribution in [1.29, 1.82) is 0 Å². The first kappa shape index (κ1) is 6.09. The zero-order valence-corrected chi connectivity index (χ0v) is 6.02. The maximum absolute atomic E-state index is 4.04. The SMILES string of the molecule is CN1NC=Nc2cncnc21. The van der Waals surface area contributed by atoms with Crippen LogP contribution < -0.4 is 10.4 Å². The van der Waals surface area contributed by atoms with Crippen LogP contribution in [0.3, 0.4) is 0 Å². The maximum atomic E-state index is 4.04. The third-order valence-electron chi connectivity index (χ3n) is 1.45. The molecule has 5 heteroatoms. The number of nitrogens with zero attached hydrogens (tertiary/aromatic N) is 4. The molecule has 0 aromatic carbocycles. The fourth-order valence-corrected chi connectivity index (χ4v) is 0.911. The molecule has 1 aromatic heterocycles. The number of hydrogen-bond acceptors (Lipinski definition) is 5. The summed E-state index contributed by atoms with van der Waals surface area (Å²) in [6.07, 6.45) is 4.78. The molecule has 11 heavy (non-hydrogen) atoms. The monoisotopic (exact) mass is 149 g/mol. The van der Waals surface area contributed by atoms with Crippen LogP contribution in [0.15, 0.2) is 17.5 Å². The van der Waals surface area contributed by atoms with E-state index >= 15 is 0 Å². The molecule has 56 valence electrons. The van der Waals surface area contributed by atoms with Crippen molar-refractivity contribution in [2.75, 3.05) is 12.1 Å². The molecular weight excluding hydrogens is 142 g/mol. The lowest BCUT2D eigenvalue weighted by atomic mass is 10.4. The Labute approximate surface area is 63.8 Å². The first-order valence-corrected chi connectivity index (χ1v) is 3.20. The Morgan fingerprint density at radius 3 is 3.27 bits per heavy atom. The number of aromatic nitrogens is 2. The van der Waals surface area contributed by atoms with Gasteiger partial charge in [0.1, 0.15) is 18.4 Å². The van der Waals surface area contributed by atoms with Crippen LogP contribution in [-0.4, -0.2) is 23.4 Å². The summed E-state index contributed by atoms with van der Waals surface area (Å²) >= 11 is 0. The average molecular weight is 149 g/mol. The summed E-state index contributed by atoms with van der Waals surface area (Å²) in [7, 11) is 1.87. The molecule has 0 amide bonds. The fraction of sp³-hybridized carbons (Fsp3) is 0.167. The summed E-state index contributed by atoms with van der Waals surface area (Å²) in [5, 5.41) is 1.78. The molecule has 0 radical (unpaired) electrons. The van der Waals surface area contributed by atoms with E-state index in [0.29, 0.717) is 0 Å². The lowest BCUT2D eigenvalue weighted by molar-refractivity contribution is 0.850. The number of hydrogen-bond donors (Lipinski definition) is 1. The van der Waals surface area contributed by atoms with Crippen molar-refractivity contribution in [2.45, 2.75) is 0 Å². The minimum atomic E-state index is 0.786. The summed E-state index contributed by atoms with van der Waals surface area (Å²) in [6, 6.07) is 0. The molecule has 0 bridgehead atoms. The van der Waals surface area contributed by atoms with Crippen LogP contribution in [0.4, 0.5) is 11.5 Å². The Balaban J connectivity index is 2.54. The van der Waals surface area contributed by atoms with E-state index in [0.717, 1.165) is 11.5 Å². The topological polar surface area (TPSA) is 53.4 Å². The van der Waals surface area contributed by atoms with Crippen LogP contribution in [0.5, 0.6) is 0 Å². The lowest BCUT2D eigenvalue weighted by Gasteiger charge is -2.21. The molecule has 1 aromatic rings. The molecule has 5 nitrogen and oxygen atoms in total. The van der Waals surface area contributed by atoms with Crippen LogP contribution in [0.2, 0.25) is 0 Å². The van der Waals surface area contributed by atoms with Gasteiger partial charge in [-0.3, -0.25) is 10.4 Å². The Bertz CT molecular complexity index is 295. The van der Waals surface area contributed by atoms with Crippen molar-refractivity contribution >= 4 is 17.8 Å². The smallest absolute Gasteiger partial charge is 0.176 e. The summed E-state index contributed by atoms with van der Waals surface area (Å²) < 4.78 is 0. The molecule has 0 fully saturated rings.